The molecule has 0 spiro atoms. The minimum atomic E-state index is 0.506. The Bertz CT molecular complexity index is 1110. The minimum absolute atomic E-state index is 0.506. The van der Waals surface area contributed by atoms with Crippen LogP contribution in [-0.4, -0.2) is 15.0 Å². The second-order valence-corrected chi connectivity index (χ2v) is 7.10. The zero-order valence-corrected chi connectivity index (χ0v) is 16.2. The van der Waals surface area contributed by atoms with Crippen LogP contribution in [0.3, 0.4) is 0 Å². The standard InChI is InChI=1S/C23H21N5O/c1-16-20(26-22(29-16)17-7-3-2-4-8-17)13-25-23-24-12-11-21(27-23)28-14-18-9-5-6-10-19(18)15-28/h2-12H,13-15H2,1H3,(H,24,25,27). The second-order valence-electron chi connectivity index (χ2n) is 7.10. The van der Waals surface area contributed by atoms with E-state index in [-0.39, 0.29) is 0 Å². The summed E-state index contributed by atoms with van der Waals surface area (Å²) in [6.07, 6.45) is 1.79. The molecule has 0 bridgehead atoms. The summed E-state index contributed by atoms with van der Waals surface area (Å²) in [5.74, 6) is 2.93. The number of benzene rings is 2. The van der Waals surface area contributed by atoms with Crippen molar-refractivity contribution in [1.82, 2.24) is 15.0 Å². The molecule has 1 N–H and O–H groups in total. The molecule has 4 aromatic rings. The Morgan fingerprint density at radius 3 is 2.41 bits per heavy atom. The molecule has 2 aromatic carbocycles. The zero-order valence-electron chi connectivity index (χ0n) is 16.2. The van der Waals surface area contributed by atoms with E-state index >= 15 is 0 Å². The van der Waals surface area contributed by atoms with Crippen LogP contribution in [-0.2, 0) is 19.6 Å². The van der Waals surface area contributed by atoms with Gasteiger partial charge in [-0.3, -0.25) is 0 Å². The first-order valence-electron chi connectivity index (χ1n) is 9.66. The Labute approximate surface area is 169 Å². The van der Waals surface area contributed by atoms with Gasteiger partial charge in [0, 0.05) is 24.8 Å². The van der Waals surface area contributed by atoms with Gasteiger partial charge in [0.05, 0.1) is 6.54 Å². The number of aryl methyl sites for hydroxylation is 1. The first-order chi connectivity index (χ1) is 14.3. The number of nitrogens with one attached hydrogen (secondary N) is 1. The summed E-state index contributed by atoms with van der Waals surface area (Å²) in [6, 6.07) is 20.4. The lowest BCUT2D eigenvalue weighted by Crippen LogP contribution is -2.17. The normalized spacial score (nSPS) is 12.8. The van der Waals surface area contributed by atoms with Gasteiger partial charge < -0.3 is 14.6 Å². The molecule has 0 unspecified atom stereocenters. The molecule has 6 nitrogen and oxygen atoms in total. The van der Waals surface area contributed by atoms with Gasteiger partial charge in [0.1, 0.15) is 17.3 Å². The quantitative estimate of drug-likeness (QED) is 0.544. The van der Waals surface area contributed by atoms with Gasteiger partial charge in [0.2, 0.25) is 11.8 Å². The predicted molar refractivity (Wildman–Crippen MR) is 112 cm³/mol. The summed E-state index contributed by atoms with van der Waals surface area (Å²) in [5, 5.41) is 3.28. The summed E-state index contributed by atoms with van der Waals surface area (Å²) in [7, 11) is 0. The maximum Gasteiger partial charge on any atom is 0.226 e. The van der Waals surface area contributed by atoms with Crippen LogP contribution in [0.1, 0.15) is 22.6 Å². The van der Waals surface area contributed by atoms with Crippen LogP contribution in [0.5, 0.6) is 0 Å². The van der Waals surface area contributed by atoms with Crippen molar-refractivity contribution in [3.8, 4) is 11.5 Å². The maximum absolute atomic E-state index is 5.83. The number of nitrogens with zero attached hydrogens (tertiary/aromatic N) is 4. The van der Waals surface area contributed by atoms with Gasteiger partial charge in [-0.25, -0.2) is 9.97 Å². The molecule has 0 saturated heterocycles. The number of rotatable bonds is 5. The molecule has 1 aliphatic rings. The monoisotopic (exact) mass is 383 g/mol. The molecule has 29 heavy (non-hydrogen) atoms. The van der Waals surface area contributed by atoms with E-state index in [1.54, 1.807) is 6.20 Å². The maximum atomic E-state index is 5.83. The topological polar surface area (TPSA) is 67.1 Å². The molecule has 3 heterocycles. The van der Waals surface area contributed by atoms with Crippen LogP contribution in [0, 0.1) is 6.92 Å². The summed E-state index contributed by atoms with van der Waals surface area (Å²) >= 11 is 0. The summed E-state index contributed by atoms with van der Waals surface area (Å²) in [6.45, 7) is 4.17. The number of anilines is 2. The lowest BCUT2D eigenvalue weighted by molar-refractivity contribution is 0.540. The largest absolute Gasteiger partial charge is 0.441 e. The Balaban J connectivity index is 1.29. The fourth-order valence-corrected chi connectivity index (χ4v) is 3.56. The Morgan fingerprint density at radius 1 is 0.931 bits per heavy atom. The molecule has 1 aliphatic heterocycles. The van der Waals surface area contributed by atoms with Crippen molar-refractivity contribution in [2.24, 2.45) is 0 Å². The van der Waals surface area contributed by atoms with Crippen LogP contribution in [0.25, 0.3) is 11.5 Å². The summed E-state index contributed by atoms with van der Waals surface area (Å²) < 4.78 is 5.83. The van der Waals surface area contributed by atoms with E-state index in [0.717, 1.165) is 35.9 Å². The van der Waals surface area contributed by atoms with Crippen molar-refractivity contribution < 1.29 is 4.42 Å². The van der Waals surface area contributed by atoms with Gasteiger partial charge in [0.25, 0.3) is 0 Å². The Morgan fingerprint density at radius 2 is 1.66 bits per heavy atom. The van der Waals surface area contributed by atoms with Crippen molar-refractivity contribution in [2.75, 3.05) is 10.2 Å². The smallest absolute Gasteiger partial charge is 0.226 e. The predicted octanol–water partition coefficient (Wildman–Crippen LogP) is 4.57. The fourth-order valence-electron chi connectivity index (χ4n) is 3.56. The van der Waals surface area contributed by atoms with E-state index in [1.807, 2.05) is 43.3 Å². The number of oxazole rings is 1. The number of hydrogen-bond donors (Lipinski definition) is 1. The van der Waals surface area contributed by atoms with Crippen molar-refractivity contribution in [3.63, 3.8) is 0 Å². The molecule has 0 atom stereocenters. The van der Waals surface area contributed by atoms with E-state index in [2.05, 4.69) is 44.5 Å². The molecule has 0 fully saturated rings. The molecule has 0 amide bonds. The van der Waals surface area contributed by atoms with E-state index < -0.39 is 0 Å². The van der Waals surface area contributed by atoms with E-state index in [1.165, 1.54) is 11.1 Å². The van der Waals surface area contributed by atoms with Crippen molar-refractivity contribution in [3.05, 3.63) is 89.4 Å². The van der Waals surface area contributed by atoms with Crippen LogP contribution >= 0.6 is 0 Å². The van der Waals surface area contributed by atoms with Crippen LogP contribution in [0.15, 0.2) is 71.3 Å². The van der Waals surface area contributed by atoms with Crippen molar-refractivity contribution >= 4 is 11.8 Å². The van der Waals surface area contributed by atoms with Crippen molar-refractivity contribution in [2.45, 2.75) is 26.6 Å². The molecule has 0 radical (unpaired) electrons. The lowest BCUT2D eigenvalue weighted by Gasteiger charge is -2.17. The van der Waals surface area contributed by atoms with Crippen molar-refractivity contribution in [1.29, 1.82) is 0 Å². The second kappa shape index (κ2) is 7.39. The first kappa shape index (κ1) is 17.4. The third kappa shape index (κ3) is 3.57. The number of fused-ring (bicyclic) bond motifs is 1. The van der Waals surface area contributed by atoms with E-state index in [9.17, 15) is 0 Å². The molecule has 0 aliphatic carbocycles. The molecule has 0 saturated carbocycles. The third-order valence-corrected chi connectivity index (χ3v) is 5.13. The average Bonchev–Trinajstić information content (AvgIpc) is 3.37. The number of aromatic nitrogens is 3. The van der Waals surface area contributed by atoms with E-state index in [0.29, 0.717) is 18.4 Å². The molecule has 6 heteroatoms. The molecular weight excluding hydrogens is 362 g/mol. The SMILES string of the molecule is Cc1oc(-c2ccccc2)nc1CNc1nccc(N2Cc3ccccc3C2)n1. The number of hydrogen-bond acceptors (Lipinski definition) is 6. The molecule has 2 aromatic heterocycles. The molecular formula is C23H21N5O. The van der Waals surface area contributed by atoms with Gasteiger partial charge in [-0.2, -0.15) is 4.98 Å². The van der Waals surface area contributed by atoms with Crippen LogP contribution in [0.4, 0.5) is 11.8 Å². The average molecular weight is 383 g/mol. The first-order valence-corrected chi connectivity index (χ1v) is 9.66. The fraction of sp³-hybridized carbons (Fsp3) is 0.174. The molecule has 144 valence electrons. The summed E-state index contributed by atoms with van der Waals surface area (Å²) in [4.78, 5) is 15.9. The van der Waals surface area contributed by atoms with E-state index in [4.69, 9.17) is 9.40 Å². The lowest BCUT2D eigenvalue weighted by atomic mass is 10.1. The van der Waals surface area contributed by atoms with Crippen LogP contribution < -0.4 is 10.2 Å². The van der Waals surface area contributed by atoms with Gasteiger partial charge in [-0.1, -0.05) is 42.5 Å². The Kier molecular flexibility index (Phi) is 4.44. The van der Waals surface area contributed by atoms with Crippen LogP contribution in [0.2, 0.25) is 0 Å². The zero-order chi connectivity index (χ0) is 19.6. The van der Waals surface area contributed by atoms with Gasteiger partial charge in [-0.05, 0) is 36.2 Å². The highest BCUT2D eigenvalue weighted by Gasteiger charge is 2.20. The Hall–Kier alpha value is -3.67. The highest BCUT2D eigenvalue weighted by Crippen LogP contribution is 2.27. The highest BCUT2D eigenvalue weighted by molar-refractivity contribution is 5.53. The highest BCUT2D eigenvalue weighted by atomic mass is 16.4. The third-order valence-electron chi connectivity index (χ3n) is 5.13. The minimum Gasteiger partial charge on any atom is -0.441 e. The van der Waals surface area contributed by atoms with Gasteiger partial charge in [0.15, 0.2) is 0 Å². The summed E-state index contributed by atoms with van der Waals surface area (Å²) in [5.41, 5.74) is 4.53. The van der Waals surface area contributed by atoms with Gasteiger partial charge in [-0.15, -0.1) is 0 Å². The molecule has 5 rings (SSSR count). The van der Waals surface area contributed by atoms with Gasteiger partial charge >= 0.3 is 0 Å².